The molecule has 0 bridgehead atoms. The van der Waals surface area contributed by atoms with Crippen LogP contribution in [-0.4, -0.2) is 46.0 Å². The smallest absolute Gasteiger partial charge is 0.188 e. The second kappa shape index (κ2) is 8.19. The molecule has 1 aromatic rings. The molecule has 0 heterocycles. The van der Waals surface area contributed by atoms with Crippen LogP contribution in [0.1, 0.15) is 6.42 Å². The lowest BCUT2D eigenvalue weighted by atomic mass is 10.3. The molecular formula is C13H20ClNO3. The van der Waals surface area contributed by atoms with E-state index in [1.807, 2.05) is 20.2 Å². The van der Waals surface area contributed by atoms with Crippen LogP contribution in [-0.2, 0) is 4.74 Å². The molecule has 0 amide bonds. The molecule has 102 valence electrons. The Morgan fingerprint density at radius 1 is 1.22 bits per heavy atom. The van der Waals surface area contributed by atoms with Crippen LogP contribution in [0, 0.1) is 0 Å². The Labute approximate surface area is 113 Å². The van der Waals surface area contributed by atoms with Gasteiger partial charge in [-0.15, -0.1) is 0 Å². The van der Waals surface area contributed by atoms with Crippen LogP contribution in [0.5, 0.6) is 11.5 Å². The van der Waals surface area contributed by atoms with Gasteiger partial charge in [-0.25, -0.2) is 0 Å². The SMILES string of the molecule is COCOc1ccc(OCCCN(C)C)cc1Cl. The first-order valence-corrected chi connectivity index (χ1v) is 6.20. The first-order valence-electron chi connectivity index (χ1n) is 5.82. The molecule has 4 nitrogen and oxygen atoms in total. The van der Waals surface area contributed by atoms with Gasteiger partial charge < -0.3 is 19.1 Å². The van der Waals surface area contributed by atoms with Gasteiger partial charge in [-0.3, -0.25) is 0 Å². The van der Waals surface area contributed by atoms with Gasteiger partial charge in [0.05, 0.1) is 11.6 Å². The molecule has 0 N–H and O–H groups in total. The highest BCUT2D eigenvalue weighted by molar-refractivity contribution is 6.32. The summed E-state index contributed by atoms with van der Waals surface area (Å²) in [5, 5.41) is 0.525. The van der Waals surface area contributed by atoms with E-state index in [0.29, 0.717) is 17.4 Å². The van der Waals surface area contributed by atoms with Crippen LogP contribution in [0.3, 0.4) is 0 Å². The first kappa shape index (κ1) is 15.1. The molecule has 0 aromatic heterocycles. The molecule has 0 saturated carbocycles. The minimum atomic E-state index is 0.183. The topological polar surface area (TPSA) is 30.9 Å². The summed E-state index contributed by atoms with van der Waals surface area (Å²) in [6.45, 7) is 1.86. The van der Waals surface area contributed by atoms with Crippen LogP contribution >= 0.6 is 11.6 Å². The van der Waals surface area contributed by atoms with Crippen molar-refractivity contribution in [2.75, 3.05) is 41.1 Å². The second-order valence-corrected chi connectivity index (χ2v) is 4.56. The van der Waals surface area contributed by atoms with Crippen LogP contribution in [0.2, 0.25) is 5.02 Å². The number of ether oxygens (including phenoxy) is 3. The highest BCUT2D eigenvalue weighted by Gasteiger charge is 2.03. The lowest BCUT2D eigenvalue weighted by molar-refractivity contribution is 0.0511. The Balaban J connectivity index is 2.41. The van der Waals surface area contributed by atoms with Crippen molar-refractivity contribution >= 4 is 11.6 Å². The summed E-state index contributed by atoms with van der Waals surface area (Å²) in [7, 11) is 5.65. The second-order valence-electron chi connectivity index (χ2n) is 4.15. The fourth-order valence-electron chi connectivity index (χ4n) is 1.38. The zero-order chi connectivity index (χ0) is 13.4. The highest BCUT2D eigenvalue weighted by Crippen LogP contribution is 2.28. The summed E-state index contributed by atoms with van der Waals surface area (Å²) < 4.78 is 15.7. The number of hydrogen-bond donors (Lipinski definition) is 0. The Kier molecular flexibility index (Phi) is 6.86. The van der Waals surface area contributed by atoms with Crippen molar-refractivity contribution < 1.29 is 14.2 Å². The van der Waals surface area contributed by atoms with Gasteiger partial charge in [-0.2, -0.15) is 0 Å². The molecule has 0 saturated heterocycles. The van der Waals surface area contributed by atoms with E-state index in [-0.39, 0.29) is 6.79 Å². The van der Waals surface area contributed by atoms with Gasteiger partial charge in [0.15, 0.2) is 6.79 Å². The van der Waals surface area contributed by atoms with E-state index in [1.54, 1.807) is 19.2 Å². The van der Waals surface area contributed by atoms with Gasteiger partial charge >= 0.3 is 0 Å². The standard InChI is InChI=1S/C13H20ClNO3/c1-15(2)7-4-8-17-11-5-6-13(12(14)9-11)18-10-16-3/h5-6,9H,4,7-8,10H2,1-3H3. The molecule has 0 unspecified atom stereocenters. The predicted molar refractivity (Wildman–Crippen MR) is 72.6 cm³/mol. The quantitative estimate of drug-likeness (QED) is 0.538. The Hall–Kier alpha value is -0.970. The number of benzene rings is 1. The van der Waals surface area contributed by atoms with Crippen LogP contribution < -0.4 is 9.47 Å². The van der Waals surface area contributed by atoms with Crippen molar-refractivity contribution in [3.8, 4) is 11.5 Å². The lowest BCUT2D eigenvalue weighted by Crippen LogP contribution is -2.15. The number of rotatable bonds is 8. The summed E-state index contributed by atoms with van der Waals surface area (Å²) in [4.78, 5) is 2.12. The molecule has 0 fully saturated rings. The summed E-state index contributed by atoms with van der Waals surface area (Å²) in [6.07, 6.45) is 0.979. The monoisotopic (exact) mass is 273 g/mol. The molecular weight excluding hydrogens is 254 g/mol. The number of nitrogens with zero attached hydrogens (tertiary/aromatic N) is 1. The fourth-order valence-corrected chi connectivity index (χ4v) is 1.61. The van der Waals surface area contributed by atoms with Crippen molar-refractivity contribution in [2.24, 2.45) is 0 Å². The third-order valence-electron chi connectivity index (χ3n) is 2.25. The fraction of sp³-hybridized carbons (Fsp3) is 0.538. The molecule has 0 aliphatic carbocycles. The summed E-state index contributed by atoms with van der Waals surface area (Å²) >= 11 is 6.06. The van der Waals surface area contributed by atoms with E-state index < -0.39 is 0 Å². The summed E-state index contributed by atoms with van der Waals surface area (Å²) in [5.41, 5.74) is 0. The van der Waals surface area contributed by atoms with Crippen molar-refractivity contribution in [2.45, 2.75) is 6.42 Å². The third kappa shape index (κ3) is 5.58. The minimum Gasteiger partial charge on any atom is -0.493 e. The van der Waals surface area contributed by atoms with Gasteiger partial charge in [-0.05, 0) is 32.6 Å². The van der Waals surface area contributed by atoms with E-state index in [4.69, 9.17) is 25.8 Å². The molecule has 18 heavy (non-hydrogen) atoms. The Bertz CT molecular complexity index is 358. The molecule has 1 aromatic carbocycles. The predicted octanol–water partition coefficient (Wildman–Crippen LogP) is 2.65. The van der Waals surface area contributed by atoms with Gasteiger partial charge in [0, 0.05) is 19.7 Å². The molecule has 0 aliphatic rings. The van der Waals surface area contributed by atoms with E-state index in [0.717, 1.165) is 18.7 Å². The zero-order valence-electron chi connectivity index (χ0n) is 11.1. The van der Waals surface area contributed by atoms with E-state index in [2.05, 4.69) is 4.90 Å². The summed E-state index contributed by atoms with van der Waals surface area (Å²) in [5.74, 6) is 1.35. The largest absolute Gasteiger partial charge is 0.493 e. The normalized spacial score (nSPS) is 10.7. The maximum absolute atomic E-state index is 6.06. The van der Waals surface area contributed by atoms with Gasteiger partial charge in [-0.1, -0.05) is 11.6 Å². The van der Waals surface area contributed by atoms with E-state index in [9.17, 15) is 0 Å². The van der Waals surface area contributed by atoms with Gasteiger partial charge in [0.25, 0.3) is 0 Å². The minimum absolute atomic E-state index is 0.183. The van der Waals surface area contributed by atoms with Crippen LogP contribution in [0.4, 0.5) is 0 Å². The number of methoxy groups -OCH3 is 1. The maximum Gasteiger partial charge on any atom is 0.188 e. The van der Waals surface area contributed by atoms with Crippen molar-refractivity contribution in [1.82, 2.24) is 4.90 Å². The molecule has 0 atom stereocenters. The average Bonchev–Trinajstić information content (AvgIpc) is 2.33. The third-order valence-corrected chi connectivity index (χ3v) is 2.55. The average molecular weight is 274 g/mol. The first-order chi connectivity index (χ1) is 8.63. The maximum atomic E-state index is 6.06. The zero-order valence-corrected chi connectivity index (χ0v) is 11.9. The van der Waals surface area contributed by atoms with Crippen molar-refractivity contribution in [1.29, 1.82) is 0 Å². The Morgan fingerprint density at radius 3 is 2.61 bits per heavy atom. The molecule has 0 spiro atoms. The number of halogens is 1. The Morgan fingerprint density at radius 2 is 2.00 bits per heavy atom. The van der Waals surface area contributed by atoms with Gasteiger partial charge in [0.1, 0.15) is 11.5 Å². The summed E-state index contributed by atoms with van der Waals surface area (Å²) in [6, 6.07) is 5.37. The van der Waals surface area contributed by atoms with E-state index in [1.165, 1.54) is 0 Å². The van der Waals surface area contributed by atoms with Crippen LogP contribution in [0.15, 0.2) is 18.2 Å². The molecule has 1 rings (SSSR count). The van der Waals surface area contributed by atoms with Gasteiger partial charge in [0.2, 0.25) is 0 Å². The lowest BCUT2D eigenvalue weighted by Gasteiger charge is -2.11. The van der Waals surface area contributed by atoms with Crippen LogP contribution in [0.25, 0.3) is 0 Å². The molecule has 5 heteroatoms. The molecule has 0 aliphatic heterocycles. The molecule has 0 radical (unpaired) electrons. The van der Waals surface area contributed by atoms with E-state index >= 15 is 0 Å². The van der Waals surface area contributed by atoms with Crippen molar-refractivity contribution in [3.05, 3.63) is 23.2 Å². The highest BCUT2D eigenvalue weighted by atomic mass is 35.5. The van der Waals surface area contributed by atoms with Crippen molar-refractivity contribution in [3.63, 3.8) is 0 Å². The number of hydrogen-bond acceptors (Lipinski definition) is 4.